The normalized spacial score (nSPS) is 19.6. The van der Waals surface area contributed by atoms with E-state index in [1.54, 1.807) is 6.33 Å². The van der Waals surface area contributed by atoms with E-state index in [9.17, 15) is 4.79 Å². The number of aliphatic carboxylic acids is 1. The van der Waals surface area contributed by atoms with Crippen molar-refractivity contribution in [1.82, 2.24) is 20.3 Å². The van der Waals surface area contributed by atoms with E-state index in [1.807, 2.05) is 37.3 Å². The van der Waals surface area contributed by atoms with Crippen molar-refractivity contribution in [2.75, 3.05) is 43.0 Å². The Bertz CT molecular complexity index is 1320. The van der Waals surface area contributed by atoms with Crippen molar-refractivity contribution in [2.24, 2.45) is 0 Å². The van der Waals surface area contributed by atoms with Crippen LogP contribution in [0.15, 0.2) is 36.7 Å². The molecule has 2 aliphatic heterocycles. The molecule has 10 nitrogen and oxygen atoms in total. The Balaban J connectivity index is 1.23. The smallest absolute Gasteiger partial charge is 0.381 e. The van der Waals surface area contributed by atoms with Gasteiger partial charge in [0.1, 0.15) is 29.5 Å². The van der Waals surface area contributed by atoms with Crippen LogP contribution in [0.5, 0.6) is 5.75 Å². The number of nitrogens with one attached hydrogen (secondary N) is 2. The van der Waals surface area contributed by atoms with E-state index < -0.39 is 5.97 Å². The summed E-state index contributed by atoms with van der Waals surface area (Å²) in [5, 5.41) is 15.4. The zero-order chi connectivity index (χ0) is 25.6. The molecular formula is C27H30N6O4. The monoisotopic (exact) mass is 502 g/mol. The van der Waals surface area contributed by atoms with Gasteiger partial charge in [0.15, 0.2) is 5.82 Å². The van der Waals surface area contributed by atoms with Crippen LogP contribution in [-0.2, 0) is 9.53 Å². The third kappa shape index (κ3) is 6.25. The first-order valence-electron chi connectivity index (χ1n) is 12.5. The summed E-state index contributed by atoms with van der Waals surface area (Å²) >= 11 is 0. The van der Waals surface area contributed by atoms with Gasteiger partial charge in [-0.15, -0.1) is 0 Å². The molecule has 2 saturated heterocycles. The van der Waals surface area contributed by atoms with E-state index in [2.05, 4.69) is 37.3 Å². The highest BCUT2D eigenvalue weighted by Crippen LogP contribution is 2.29. The van der Waals surface area contributed by atoms with Gasteiger partial charge in [0.2, 0.25) is 0 Å². The number of carboxylic acid groups (broad SMARTS) is 1. The molecule has 4 heterocycles. The van der Waals surface area contributed by atoms with Gasteiger partial charge in [0, 0.05) is 44.2 Å². The lowest BCUT2D eigenvalue weighted by molar-refractivity contribution is -0.130. The summed E-state index contributed by atoms with van der Waals surface area (Å²) in [5.74, 6) is 6.05. The first-order valence-corrected chi connectivity index (χ1v) is 12.5. The number of hydrogen-bond donors (Lipinski definition) is 3. The number of pyridine rings is 1. The molecule has 192 valence electrons. The number of carboxylic acids is 1. The lowest BCUT2D eigenvalue weighted by Crippen LogP contribution is -2.43. The maximum Gasteiger partial charge on any atom is 0.381 e. The van der Waals surface area contributed by atoms with Crippen LogP contribution in [0.4, 0.5) is 17.3 Å². The number of aromatic nitrogens is 3. The molecule has 0 bridgehead atoms. The van der Waals surface area contributed by atoms with Crippen LogP contribution in [0.3, 0.4) is 0 Å². The summed E-state index contributed by atoms with van der Waals surface area (Å²) in [6.45, 7) is 6.18. The zero-order valence-electron chi connectivity index (χ0n) is 20.7. The van der Waals surface area contributed by atoms with Crippen LogP contribution in [0, 0.1) is 18.8 Å². The molecule has 0 radical (unpaired) electrons. The van der Waals surface area contributed by atoms with Crippen LogP contribution >= 0.6 is 0 Å². The standard InChI is InChI=1S/C27H30N6O4/c1-18-15-19(5-9-23(18)37-21-7-6-20(36-16-21)3-2-4-25(34)35)31-27-26-22(29-17-30-27)8-10-24(32-26)33-13-11-28-12-14-33/h5,8-10,15,17,20-21,28H,3,6-7,11-14,16H2,1H3,(H,34,35)(H,29,30,31)/t20?,21-/m0/s1. The molecule has 37 heavy (non-hydrogen) atoms. The number of hydrogen-bond acceptors (Lipinski definition) is 9. The molecule has 0 spiro atoms. The van der Waals surface area contributed by atoms with Crippen LogP contribution < -0.4 is 20.3 Å². The summed E-state index contributed by atoms with van der Waals surface area (Å²) in [4.78, 5) is 26.5. The Morgan fingerprint density at radius 1 is 1.24 bits per heavy atom. The zero-order valence-corrected chi connectivity index (χ0v) is 20.7. The van der Waals surface area contributed by atoms with Gasteiger partial charge in [-0.1, -0.05) is 5.92 Å². The molecular weight excluding hydrogens is 472 g/mol. The average Bonchev–Trinajstić information content (AvgIpc) is 2.91. The Kier molecular flexibility index (Phi) is 7.63. The van der Waals surface area contributed by atoms with Crippen LogP contribution in [0.1, 0.15) is 24.8 Å². The van der Waals surface area contributed by atoms with Crippen molar-refractivity contribution in [3.05, 3.63) is 42.2 Å². The highest BCUT2D eigenvalue weighted by atomic mass is 16.5. The number of benzene rings is 1. The first-order chi connectivity index (χ1) is 18.0. The van der Waals surface area contributed by atoms with E-state index in [0.29, 0.717) is 18.8 Å². The molecule has 1 unspecified atom stereocenters. The molecule has 1 aromatic carbocycles. The van der Waals surface area contributed by atoms with Gasteiger partial charge >= 0.3 is 5.97 Å². The second kappa shape index (κ2) is 11.4. The summed E-state index contributed by atoms with van der Waals surface area (Å²) < 4.78 is 12.0. The largest absolute Gasteiger partial charge is 0.488 e. The van der Waals surface area contributed by atoms with Crippen LogP contribution in [0.25, 0.3) is 11.0 Å². The van der Waals surface area contributed by atoms with Crippen molar-refractivity contribution < 1.29 is 19.4 Å². The summed E-state index contributed by atoms with van der Waals surface area (Å²) in [6.07, 6.45) is 3.46. The van der Waals surface area contributed by atoms with E-state index in [1.165, 1.54) is 0 Å². The number of aryl methyl sites for hydroxylation is 1. The molecule has 5 rings (SSSR count). The van der Waals surface area contributed by atoms with E-state index in [0.717, 1.165) is 72.9 Å². The van der Waals surface area contributed by atoms with Crippen LogP contribution in [0.2, 0.25) is 0 Å². The molecule has 2 aliphatic rings. The molecule has 0 amide bonds. The van der Waals surface area contributed by atoms with Crippen molar-refractivity contribution in [1.29, 1.82) is 0 Å². The Morgan fingerprint density at radius 3 is 2.86 bits per heavy atom. The van der Waals surface area contributed by atoms with E-state index in [-0.39, 0.29) is 12.2 Å². The fourth-order valence-electron chi connectivity index (χ4n) is 4.54. The number of ether oxygens (including phenoxy) is 2. The molecule has 10 heteroatoms. The number of rotatable bonds is 6. The number of piperazine rings is 1. The number of nitrogens with zero attached hydrogens (tertiary/aromatic N) is 4. The number of carbonyl (C=O) groups is 1. The van der Waals surface area contributed by atoms with Crippen molar-refractivity contribution >= 4 is 34.3 Å². The van der Waals surface area contributed by atoms with Crippen molar-refractivity contribution in [2.45, 2.75) is 38.4 Å². The highest BCUT2D eigenvalue weighted by Gasteiger charge is 2.23. The lowest BCUT2D eigenvalue weighted by Gasteiger charge is -2.29. The Hall–Kier alpha value is -3.94. The summed E-state index contributed by atoms with van der Waals surface area (Å²) in [5.41, 5.74) is 3.40. The fourth-order valence-corrected chi connectivity index (χ4v) is 4.54. The van der Waals surface area contributed by atoms with E-state index >= 15 is 0 Å². The first kappa shape index (κ1) is 24.7. The fraction of sp³-hybridized carbons (Fsp3) is 0.407. The minimum absolute atomic E-state index is 0.0530. The van der Waals surface area contributed by atoms with Gasteiger partial charge in [-0.05, 0) is 55.7 Å². The molecule has 2 fully saturated rings. The van der Waals surface area contributed by atoms with Gasteiger partial charge < -0.3 is 30.1 Å². The topological polar surface area (TPSA) is 122 Å². The minimum Gasteiger partial charge on any atom is -0.488 e. The minimum atomic E-state index is -1.12. The Labute approximate surface area is 215 Å². The van der Waals surface area contributed by atoms with E-state index in [4.69, 9.17) is 19.6 Å². The second-order valence-electron chi connectivity index (χ2n) is 9.19. The van der Waals surface area contributed by atoms with Gasteiger partial charge in [0.05, 0.1) is 18.2 Å². The van der Waals surface area contributed by atoms with Crippen LogP contribution in [-0.4, -0.2) is 71.0 Å². The molecule has 2 aromatic heterocycles. The highest BCUT2D eigenvalue weighted by molar-refractivity contribution is 5.88. The number of fused-ring (bicyclic) bond motifs is 1. The predicted octanol–water partition coefficient (Wildman–Crippen LogP) is 2.89. The van der Waals surface area contributed by atoms with Crippen molar-refractivity contribution in [3.8, 4) is 17.6 Å². The quantitative estimate of drug-likeness (QED) is 0.434. The average molecular weight is 503 g/mol. The third-order valence-corrected chi connectivity index (χ3v) is 6.49. The maximum absolute atomic E-state index is 10.5. The van der Waals surface area contributed by atoms with Gasteiger partial charge in [-0.25, -0.2) is 19.7 Å². The third-order valence-electron chi connectivity index (χ3n) is 6.49. The molecule has 0 saturated carbocycles. The predicted molar refractivity (Wildman–Crippen MR) is 140 cm³/mol. The molecule has 0 aliphatic carbocycles. The number of anilines is 3. The molecule has 2 atom stereocenters. The van der Waals surface area contributed by atoms with Gasteiger partial charge in [-0.2, -0.15) is 0 Å². The summed E-state index contributed by atoms with van der Waals surface area (Å²) in [7, 11) is 0. The Morgan fingerprint density at radius 2 is 2.11 bits per heavy atom. The second-order valence-corrected chi connectivity index (χ2v) is 9.19. The SMILES string of the molecule is Cc1cc(Nc2ncnc3ccc(N4CCNCC4)nc23)ccc1O[C@H]1CCC(CC#CC(=O)O)OC1. The molecule has 3 aromatic rings. The van der Waals surface area contributed by atoms with Gasteiger partial charge in [-0.3, -0.25) is 0 Å². The van der Waals surface area contributed by atoms with Gasteiger partial charge in [0.25, 0.3) is 0 Å². The van der Waals surface area contributed by atoms with Crippen molar-refractivity contribution in [3.63, 3.8) is 0 Å². The summed E-state index contributed by atoms with van der Waals surface area (Å²) in [6, 6.07) is 9.94. The molecule has 3 N–H and O–H groups in total. The maximum atomic E-state index is 10.5. The lowest BCUT2D eigenvalue weighted by atomic mass is 10.0.